The maximum Gasteiger partial charge on any atom is 0.276 e. The van der Waals surface area contributed by atoms with Gasteiger partial charge in [-0.05, 0) is 41.1 Å². The predicted octanol–water partition coefficient (Wildman–Crippen LogP) is 4.97. The number of halogens is 1. The van der Waals surface area contributed by atoms with Crippen LogP contribution in [-0.2, 0) is 10.0 Å². The molecule has 1 N–H and O–H groups in total. The summed E-state index contributed by atoms with van der Waals surface area (Å²) in [7, 11) is -3.86. The van der Waals surface area contributed by atoms with Gasteiger partial charge in [-0.1, -0.05) is 41.9 Å². The zero-order chi connectivity index (χ0) is 22.0. The van der Waals surface area contributed by atoms with Crippen LogP contribution in [0.2, 0.25) is 5.02 Å². The fourth-order valence-electron chi connectivity index (χ4n) is 2.93. The van der Waals surface area contributed by atoms with Crippen LogP contribution in [0.5, 0.6) is 0 Å². The summed E-state index contributed by atoms with van der Waals surface area (Å²) in [6.45, 7) is 0. The van der Waals surface area contributed by atoms with Gasteiger partial charge in [-0.15, -0.1) is 0 Å². The molecule has 156 valence electrons. The van der Waals surface area contributed by atoms with Crippen LogP contribution in [0.3, 0.4) is 0 Å². The fourth-order valence-corrected chi connectivity index (χ4v) is 4.03. The molecule has 0 saturated carbocycles. The van der Waals surface area contributed by atoms with Crippen molar-refractivity contribution in [3.8, 4) is 11.3 Å². The highest BCUT2D eigenvalue weighted by molar-refractivity contribution is 7.89. The van der Waals surface area contributed by atoms with Crippen molar-refractivity contribution in [2.24, 2.45) is 5.10 Å². The Morgan fingerprint density at radius 1 is 1.00 bits per heavy atom. The molecule has 0 radical (unpaired) electrons. The number of nitrogens with one attached hydrogen (secondary N) is 1. The van der Waals surface area contributed by atoms with E-state index in [2.05, 4.69) is 9.93 Å². The normalized spacial score (nSPS) is 11.8. The lowest BCUT2D eigenvalue weighted by Gasteiger charge is -2.04. The molecule has 3 aromatic carbocycles. The first-order chi connectivity index (χ1) is 14.8. The van der Waals surface area contributed by atoms with E-state index in [-0.39, 0.29) is 21.4 Å². The number of benzene rings is 3. The van der Waals surface area contributed by atoms with Crippen LogP contribution in [-0.4, -0.2) is 19.6 Å². The molecule has 4 rings (SSSR count). The fraction of sp³-hybridized carbons (Fsp3) is 0. The highest BCUT2D eigenvalue weighted by Gasteiger charge is 2.15. The van der Waals surface area contributed by atoms with E-state index >= 15 is 0 Å². The molecule has 0 aliphatic rings. The van der Waals surface area contributed by atoms with Gasteiger partial charge in [0.1, 0.15) is 11.5 Å². The van der Waals surface area contributed by atoms with Crippen molar-refractivity contribution < 1.29 is 17.8 Å². The van der Waals surface area contributed by atoms with E-state index in [1.807, 2.05) is 24.3 Å². The molecule has 0 amide bonds. The molecule has 0 bridgehead atoms. The molecular weight excluding hydrogens is 442 g/mol. The first-order valence-corrected chi connectivity index (χ1v) is 10.8. The lowest BCUT2D eigenvalue weighted by molar-refractivity contribution is -0.384. The quantitative estimate of drug-likeness (QED) is 0.250. The molecule has 0 aliphatic carbocycles. The van der Waals surface area contributed by atoms with E-state index < -0.39 is 14.9 Å². The Bertz CT molecular complexity index is 1430. The van der Waals surface area contributed by atoms with Crippen molar-refractivity contribution in [1.29, 1.82) is 0 Å². The first kappa shape index (κ1) is 20.6. The van der Waals surface area contributed by atoms with E-state index in [1.54, 1.807) is 24.3 Å². The second kappa shape index (κ2) is 8.21. The summed E-state index contributed by atoms with van der Waals surface area (Å²) in [5, 5.41) is 16.5. The molecule has 0 fully saturated rings. The Kier molecular flexibility index (Phi) is 5.45. The summed E-state index contributed by atoms with van der Waals surface area (Å²) >= 11 is 6.10. The van der Waals surface area contributed by atoms with Gasteiger partial charge in [0.2, 0.25) is 0 Å². The number of furan rings is 1. The highest BCUT2D eigenvalue weighted by atomic mass is 35.5. The van der Waals surface area contributed by atoms with Crippen molar-refractivity contribution in [1.82, 2.24) is 4.83 Å². The van der Waals surface area contributed by atoms with Crippen LogP contribution in [0.4, 0.5) is 5.69 Å². The van der Waals surface area contributed by atoms with Gasteiger partial charge in [0.05, 0.1) is 21.1 Å². The molecule has 0 aliphatic heterocycles. The lowest BCUT2D eigenvalue weighted by Crippen LogP contribution is -2.18. The number of nitro groups is 1. The largest absolute Gasteiger partial charge is 0.455 e. The van der Waals surface area contributed by atoms with E-state index in [0.29, 0.717) is 11.3 Å². The molecule has 0 spiro atoms. The standard InChI is InChI=1S/C21H14ClN3O5S/c22-20-12-16(25(26)27)6-9-19(20)21-10-7-17(30-21)13-23-24-31(28,29)18-8-5-14-3-1-2-4-15(14)11-18/h1-13,24H. The topological polar surface area (TPSA) is 115 Å². The van der Waals surface area contributed by atoms with E-state index in [1.165, 1.54) is 30.5 Å². The van der Waals surface area contributed by atoms with Gasteiger partial charge in [-0.3, -0.25) is 10.1 Å². The van der Waals surface area contributed by atoms with Gasteiger partial charge in [0.25, 0.3) is 15.7 Å². The Labute approximate surface area is 182 Å². The van der Waals surface area contributed by atoms with Gasteiger partial charge in [0, 0.05) is 17.7 Å². The monoisotopic (exact) mass is 455 g/mol. The molecule has 4 aromatic rings. The number of nitrogens with zero attached hydrogens (tertiary/aromatic N) is 2. The number of hydrogen-bond acceptors (Lipinski definition) is 6. The Morgan fingerprint density at radius 3 is 2.52 bits per heavy atom. The summed E-state index contributed by atoms with van der Waals surface area (Å²) in [6, 6.07) is 19.4. The number of nitro benzene ring substituents is 1. The van der Waals surface area contributed by atoms with E-state index in [0.717, 1.165) is 10.8 Å². The third kappa shape index (κ3) is 4.42. The van der Waals surface area contributed by atoms with Crippen LogP contribution in [0.15, 0.2) is 87.2 Å². The molecule has 0 unspecified atom stereocenters. The summed E-state index contributed by atoms with van der Waals surface area (Å²) in [5.41, 5.74) is 0.328. The molecule has 8 nitrogen and oxygen atoms in total. The average molecular weight is 456 g/mol. The molecule has 31 heavy (non-hydrogen) atoms. The SMILES string of the molecule is O=[N+]([O-])c1ccc(-c2ccc(C=NNS(=O)(=O)c3ccc4ccccc4c3)o2)c(Cl)c1. The van der Waals surface area contributed by atoms with Gasteiger partial charge >= 0.3 is 0 Å². The maximum atomic E-state index is 12.5. The summed E-state index contributed by atoms with van der Waals surface area (Å²) in [6.07, 6.45) is 1.21. The van der Waals surface area contributed by atoms with Crippen LogP contribution in [0.1, 0.15) is 5.76 Å². The second-order valence-corrected chi connectivity index (χ2v) is 8.55. The minimum absolute atomic E-state index is 0.0844. The third-order valence-corrected chi connectivity index (χ3v) is 5.98. The van der Waals surface area contributed by atoms with Crippen molar-refractivity contribution >= 4 is 44.3 Å². The summed E-state index contributed by atoms with van der Waals surface area (Å²) in [4.78, 5) is 12.5. The highest BCUT2D eigenvalue weighted by Crippen LogP contribution is 2.32. The number of non-ortho nitro benzene ring substituents is 1. The average Bonchev–Trinajstić information content (AvgIpc) is 3.21. The minimum atomic E-state index is -3.86. The number of hydrogen-bond donors (Lipinski definition) is 1. The van der Waals surface area contributed by atoms with Crippen LogP contribution >= 0.6 is 11.6 Å². The number of fused-ring (bicyclic) bond motifs is 1. The van der Waals surface area contributed by atoms with Gasteiger partial charge in [-0.25, -0.2) is 0 Å². The van der Waals surface area contributed by atoms with Gasteiger partial charge in [-0.2, -0.15) is 18.4 Å². The van der Waals surface area contributed by atoms with Crippen LogP contribution in [0.25, 0.3) is 22.1 Å². The van der Waals surface area contributed by atoms with Crippen molar-refractivity contribution in [3.05, 3.63) is 93.7 Å². The predicted molar refractivity (Wildman–Crippen MR) is 118 cm³/mol. The molecule has 10 heteroatoms. The zero-order valence-electron chi connectivity index (χ0n) is 15.7. The van der Waals surface area contributed by atoms with Gasteiger partial charge < -0.3 is 4.42 Å². The van der Waals surface area contributed by atoms with Gasteiger partial charge in [0.15, 0.2) is 0 Å². The Hall–Kier alpha value is -3.69. The molecular formula is C21H14ClN3O5S. The third-order valence-electron chi connectivity index (χ3n) is 4.45. The number of rotatable bonds is 6. The smallest absolute Gasteiger partial charge is 0.276 e. The van der Waals surface area contributed by atoms with Crippen LogP contribution in [0, 0.1) is 10.1 Å². The van der Waals surface area contributed by atoms with Crippen molar-refractivity contribution in [2.45, 2.75) is 4.90 Å². The first-order valence-electron chi connectivity index (χ1n) is 8.91. The molecule has 1 aromatic heterocycles. The number of sulfonamides is 1. The van der Waals surface area contributed by atoms with Crippen LogP contribution < -0.4 is 4.83 Å². The Morgan fingerprint density at radius 2 is 1.77 bits per heavy atom. The van der Waals surface area contributed by atoms with Crippen molar-refractivity contribution in [2.75, 3.05) is 0 Å². The summed E-state index contributed by atoms with van der Waals surface area (Å²) < 4.78 is 30.6. The minimum Gasteiger partial charge on any atom is -0.455 e. The second-order valence-electron chi connectivity index (χ2n) is 6.49. The maximum absolute atomic E-state index is 12.5. The molecule has 1 heterocycles. The zero-order valence-corrected chi connectivity index (χ0v) is 17.3. The van der Waals surface area contributed by atoms with Crippen molar-refractivity contribution in [3.63, 3.8) is 0 Å². The Balaban J connectivity index is 1.50. The van der Waals surface area contributed by atoms with E-state index in [4.69, 9.17) is 16.0 Å². The molecule has 0 saturated heterocycles. The lowest BCUT2D eigenvalue weighted by atomic mass is 10.1. The number of hydrazone groups is 1. The molecule has 0 atom stereocenters. The summed E-state index contributed by atoms with van der Waals surface area (Å²) in [5.74, 6) is 0.629. The van der Waals surface area contributed by atoms with E-state index in [9.17, 15) is 18.5 Å².